The molecular weight excluding hydrogens is 260 g/mol. The largest absolute Gasteiger partial charge is 0.367 e. The number of nitrogens with two attached hydrogens (primary N) is 1. The number of thioether (sulfide) groups is 1. The highest BCUT2D eigenvalue weighted by molar-refractivity contribution is 7.98. The zero-order valence-corrected chi connectivity index (χ0v) is 12.0. The Morgan fingerprint density at radius 1 is 1.26 bits per heavy atom. The maximum Gasteiger partial charge on any atom is 0.239 e. The molecular formula is C12H18N6S. The summed E-state index contributed by atoms with van der Waals surface area (Å²) in [5, 5.41) is 13.7. The summed E-state index contributed by atoms with van der Waals surface area (Å²) in [5.41, 5.74) is 6.50. The molecule has 0 radical (unpaired) electrons. The van der Waals surface area contributed by atoms with Crippen LogP contribution in [0.4, 0.5) is 5.95 Å². The van der Waals surface area contributed by atoms with E-state index in [1.54, 1.807) is 4.52 Å². The molecule has 0 saturated heterocycles. The Hall–Kier alpha value is -1.37. The average molecular weight is 278 g/mol. The molecule has 1 fully saturated rings. The molecule has 3 rings (SSSR count). The first-order chi connectivity index (χ1) is 9.20. The number of anilines is 1. The molecule has 2 unspecified atom stereocenters. The molecule has 2 N–H and O–H groups in total. The summed E-state index contributed by atoms with van der Waals surface area (Å²) in [5.74, 6) is 2.26. The van der Waals surface area contributed by atoms with E-state index in [4.69, 9.17) is 5.73 Å². The van der Waals surface area contributed by atoms with Crippen molar-refractivity contribution in [1.29, 1.82) is 0 Å². The van der Waals surface area contributed by atoms with Crippen molar-refractivity contribution >= 4 is 23.4 Å². The normalized spacial score (nSPS) is 23.9. The van der Waals surface area contributed by atoms with Crippen molar-refractivity contribution in [3.63, 3.8) is 0 Å². The van der Waals surface area contributed by atoms with Crippen molar-refractivity contribution in [2.75, 3.05) is 12.0 Å². The highest BCUT2D eigenvalue weighted by Crippen LogP contribution is 2.36. The Kier molecular flexibility index (Phi) is 3.30. The van der Waals surface area contributed by atoms with Gasteiger partial charge in [0, 0.05) is 5.92 Å². The van der Waals surface area contributed by atoms with Gasteiger partial charge in [0.05, 0.1) is 0 Å². The van der Waals surface area contributed by atoms with E-state index >= 15 is 0 Å². The van der Waals surface area contributed by atoms with Crippen LogP contribution in [-0.4, -0.2) is 31.1 Å². The second-order valence-corrected chi connectivity index (χ2v) is 5.94. The second kappa shape index (κ2) is 4.96. The molecule has 0 aliphatic heterocycles. The van der Waals surface area contributed by atoms with Gasteiger partial charge in [-0.25, -0.2) is 4.98 Å². The first-order valence-electron chi connectivity index (χ1n) is 6.63. The molecule has 7 heteroatoms. The summed E-state index contributed by atoms with van der Waals surface area (Å²) < 4.78 is 1.79. The van der Waals surface area contributed by atoms with Gasteiger partial charge in [-0.2, -0.15) is 4.52 Å². The van der Waals surface area contributed by atoms with E-state index in [1.165, 1.54) is 31.0 Å². The van der Waals surface area contributed by atoms with Crippen LogP contribution in [0.2, 0.25) is 0 Å². The zero-order chi connectivity index (χ0) is 13.4. The van der Waals surface area contributed by atoms with Gasteiger partial charge in [0.15, 0.2) is 5.82 Å². The number of nitrogen functional groups attached to an aromatic ring is 1. The van der Waals surface area contributed by atoms with Crippen LogP contribution in [0.5, 0.6) is 0 Å². The summed E-state index contributed by atoms with van der Waals surface area (Å²) in [4.78, 5) is 4.20. The van der Waals surface area contributed by atoms with Crippen molar-refractivity contribution in [1.82, 2.24) is 24.8 Å². The van der Waals surface area contributed by atoms with E-state index in [2.05, 4.69) is 27.2 Å². The Balaban J connectivity index is 2.11. The summed E-state index contributed by atoms with van der Waals surface area (Å²) in [6.45, 7) is 2.28. The third-order valence-corrected chi connectivity index (χ3v) is 4.57. The Morgan fingerprint density at radius 3 is 2.79 bits per heavy atom. The van der Waals surface area contributed by atoms with Crippen molar-refractivity contribution in [2.45, 2.75) is 43.6 Å². The lowest BCUT2D eigenvalue weighted by molar-refractivity contribution is 0.316. The van der Waals surface area contributed by atoms with Crippen molar-refractivity contribution in [2.24, 2.45) is 5.92 Å². The number of nitrogens with zero attached hydrogens (tertiary/aromatic N) is 5. The third kappa shape index (κ3) is 2.16. The van der Waals surface area contributed by atoms with Crippen LogP contribution in [0, 0.1) is 5.92 Å². The summed E-state index contributed by atoms with van der Waals surface area (Å²) in [6.07, 6.45) is 6.91. The lowest BCUT2D eigenvalue weighted by Gasteiger charge is -2.26. The van der Waals surface area contributed by atoms with Crippen LogP contribution in [0.1, 0.15) is 44.3 Å². The SMILES string of the molecule is CSc1nc(N)nn2c(C3CCCCC3C)nnc12. The van der Waals surface area contributed by atoms with Crippen LogP contribution in [0.15, 0.2) is 5.03 Å². The number of aromatic nitrogens is 5. The summed E-state index contributed by atoms with van der Waals surface area (Å²) in [6, 6.07) is 0. The highest BCUT2D eigenvalue weighted by Gasteiger charge is 2.28. The first-order valence-corrected chi connectivity index (χ1v) is 7.86. The molecule has 1 aliphatic rings. The summed E-state index contributed by atoms with van der Waals surface area (Å²) >= 11 is 1.52. The third-order valence-electron chi connectivity index (χ3n) is 3.91. The Labute approximate surface area is 116 Å². The highest BCUT2D eigenvalue weighted by atomic mass is 32.2. The van der Waals surface area contributed by atoms with Gasteiger partial charge in [0.2, 0.25) is 11.6 Å². The zero-order valence-electron chi connectivity index (χ0n) is 11.2. The lowest BCUT2D eigenvalue weighted by Crippen LogP contribution is -2.18. The van der Waals surface area contributed by atoms with Gasteiger partial charge in [-0.15, -0.1) is 27.1 Å². The molecule has 2 heterocycles. The quantitative estimate of drug-likeness (QED) is 0.847. The molecule has 0 bridgehead atoms. The molecule has 19 heavy (non-hydrogen) atoms. The smallest absolute Gasteiger partial charge is 0.239 e. The molecule has 102 valence electrons. The molecule has 1 saturated carbocycles. The first kappa shape index (κ1) is 12.7. The number of fused-ring (bicyclic) bond motifs is 1. The van der Waals surface area contributed by atoms with Gasteiger partial charge in [-0.05, 0) is 18.6 Å². The fourth-order valence-electron chi connectivity index (χ4n) is 2.87. The van der Waals surface area contributed by atoms with E-state index in [-0.39, 0.29) is 5.95 Å². The van der Waals surface area contributed by atoms with Gasteiger partial charge in [0.1, 0.15) is 5.03 Å². The van der Waals surface area contributed by atoms with Gasteiger partial charge >= 0.3 is 0 Å². The van der Waals surface area contributed by atoms with E-state index in [0.717, 1.165) is 22.9 Å². The monoisotopic (exact) mass is 278 g/mol. The van der Waals surface area contributed by atoms with Crippen molar-refractivity contribution < 1.29 is 0 Å². The van der Waals surface area contributed by atoms with E-state index in [1.807, 2.05) is 6.26 Å². The predicted molar refractivity (Wildman–Crippen MR) is 75.1 cm³/mol. The maximum absolute atomic E-state index is 5.78. The van der Waals surface area contributed by atoms with Crippen LogP contribution in [-0.2, 0) is 0 Å². The molecule has 0 spiro atoms. The average Bonchev–Trinajstić information content (AvgIpc) is 2.82. The van der Waals surface area contributed by atoms with Crippen LogP contribution in [0.3, 0.4) is 0 Å². The molecule has 2 atom stereocenters. The second-order valence-electron chi connectivity index (χ2n) is 5.14. The minimum Gasteiger partial charge on any atom is -0.367 e. The fourth-order valence-corrected chi connectivity index (χ4v) is 3.37. The van der Waals surface area contributed by atoms with Gasteiger partial charge < -0.3 is 5.73 Å². The van der Waals surface area contributed by atoms with Gasteiger partial charge in [0.25, 0.3) is 0 Å². The van der Waals surface area contributed by atoms with E-state index in [0.29, 0.717) is 11.8 Å². The van der Waals surface area contributed by atoms with Gasteiger partial charge in [-0.3, -0.25) is 0 Å². The number of hydrogen-bond donors (Lipinski definition) is 1. The molecule has 6 nitrogen and oxygen atoms in total. The molecule has 0 amide bonds. The lowest BCUT2D eigenvalue weighted by atomic mass is 9.80. The minimum absolute atomic E-state index is 0.279. The van der Waals surface area contributed by atoms with Crippen LogP contribution >= 0.6 is 11.8 Å². The van der Waals surface area contributed by atoms with Crippen molar-refractivity contribution in [3.05, 3.63) is 5.82 Å². The molecule has 2 aromatic rings. The fraction of sp³-hybridized carbons (Fsp3) is 0.667. The number of rotatable bonds is 2. The Morgan fingerprint density at radius 2 is 2.05 bits per heavy atom. The standard InChI is InChI=1S/C12H18N6S/c1-7-5-3-4-6-8(7)9-15-16-10-11(19-2)14-12(13)17-18(9)10/h7-8H,3-6H2,1-2H3,(H2,13,17). The van der Waals surface area contributed by atoms with Gasteiger partial charge in [-0.1, -0.05) is 26.2 Å². The van der Waals surface area contributed by atoms with E-state index in [9.17, 15) is 0 Å². The number of hydrogen-bond acceptors (Lipinski definition) is 6. The Bertz CT molecular complexity index is 595. The van der Waals surface area contributed by atoms with Crippen LogP contribution < -0.4 is 5.73 Å². The van der Waals surface area contributed by atoms with Crippen molar-refractivity contribution in [3.8, 4) is 0 Å². The van der Waals surface area contributed by atoms with E-state index < -0.39 is 0 Å². The molecule has 0 aromatic carbocycles. The maximum atomic E-state index is 5.78. The molecule has 2 aromatic heterocycles. The van der Waals surface area contributed by atoms with Crippen LogP contribution in [0.25, 0.3) is 5.65 Å². The summed E-state index contributed by atoms with van der Waals surface area (Å²) in [7, 11) is 0. The topological polar surface area (TPSA) is 82.0 Å². The molecule has 1 aliphatic carbocycles. The predicted octanol–water partition coefficient (Wildman–Crippen LogP) is 2.12. The minimum atomic E-state index is 0.279.